The minimum atomic E-state index is -0.881. The number of aromatic nitrogens is 1. The van der Waals surface area contributed by atoms with Crippen LogP contribution in [0.5, 0.6) is 0 Å². The first kappa shape index (κ1) is 17.2. The summed E-state index contributed by atoms with van der Waals surface area (Å²) in [5.74, 6) is -0.637. The van der Waals surface area contributed by atoms with Crippen molar-refractivity contribution in [1.29, 1.82) is 0 Å². The monoisotopic (exact) mass is 365 g/mol. The molecule has 24 heavy (non-hydrogen) atoms. The fourth-order valence-electron chi connectivity index (χ4n) is 2.65. The van der Waals surface area contributed by atoms with E-state index < -0.39 is 5.97 Å². The Kier molecular flexibility index (Phi) is 5.70. The van der Waals surface area contributed by atoms with E-state index in [0.29, 0.717) is 13.1 Å². The van der Waals surface area contributed by atoms with Crippen molar-refractivity contribution >= 4 is 45.2 Å². The van der Waals surface area contributed by atoms with Crippen LogP contribution in [0.25, 0.3) is 10.2 Å². The molecule has 6 nitrogen and oxygen atoms in total. The third-order valence-electron chi connectivity index (χ3n) is 3.87. The highest BCUT2D eigenvalue weighted by molar-refractivity contribution is 8.00. The number of fused-ring (bicyclic) bond motifs is 1. The number of carboxylic acids is 1. The molecule has 1 amide bonds. The lowest BCUT2D eigenvalue weighted by Crippen LogP contribution is -2.48. The predicted molar refractivity (Wildman–Crippen MR) is 96.4 cm³/mol. The Morgan fingerprint density at radius 1 is 1.17 bits per heavy atom. The van der Waals surface area contributed by atoms with Gasteiger partial charge in [-0.05, 0) is 12.1 Å². The Morgan fingerprint density at radius 2 is 1.92 bits per heavy atom. The molecule has 1 saturated heterocycles. The van der Waals surface area contributed by atoms with Crippen molar-refractivity contribution in [3.8, 4) is 0 Å². The highest BCUT2D eigenvalue weighted by atomic mass is 32.2. The molecule has 1 aromatic carbocycles. The van der Waals surface area contributed by atoms with Crippen LogP contribution in [0.4, 0.5) is 0 Å². The van der Waals surface area contributed by atoms with Gasteiger partial charge >= 0.3 is 5.97 Å². The molecule has 1 aliphatic rings. The molecule has 0 aliphatic carbocycles. The van der Waals surface area contributed by atoms with E-state index in [2.05, 4.69) is 16.0 Å². The van der Waals surface area contributed by atoms with E-state index in [1.165, 1.54) is 4.70 Å². The fraction of sp³-hybridized carbons (Fsp3) is 0.438. The molecule has 0 unspecified atom stereocenters. The smallest absolute Gasteiger partial charge is 0.313 e. The van der Waals surface area contributed by atoms with E-state index in [1.54, 1.807) is 11.3 Å². The molecule has 1 aromatic heterocycles. The second-order valence-electron chi connectivity index (χ2n) is 5.62. The first-order chi connectivity index (χ1) is 11.6. The van der Waals surface area contributed by atoms with Gasteiger partial charge < -0.3 is 10.0 Å². The maximum absolute atomic E-state index is 12.0. The SMILES string of the molecule is O=C(O)CSCC(=O)N1CCN(Cc2nc3ccccc3s2)CC1. The predicted octanol–water partition coefficient (Wildman–Crippen LogP) is 1.76. The largest absolute Gasteiger partial charge is 0.481 e. The number of thiazole rings is 1. The van der Waals surface area contributed by atoms with Crippen LogP contribution < -0.4 is 0 Å². The van der Waals surface area contributed by atoms with Gasteiger partial charge in [0.05, 0.1) is 28.3 Å². The number of hydrogen-bond acceptors (Lipinski definition) is 6. The molecule has 0 atom stereocenters. The molecule has 0 saturated carbocycles. The first-order valence-electron chi connectivity index (χ1n) is 7.76. The lowest BCUT2D eigenvalue weighted by molar-refractivity contribution is -0.133. The Morgan fingerprint density at radius 3 is 2.62 bits per heavy atom. The molecular formula is C16H19N3O3S2. The number of thioether (sulfide) groups is 1. The number of para-hydroxylation sites is 1. The van der Waals surface area contributed by atoms with Crippen molar-refractivity contribution < 1.29 is 14.7 Å². The van der Waals surface area contributed by atoms with E-state index in [0.717, 1.165) is 41.9 Å². The van der Waals surface area contributed by atoms with Gasteiger partial charge in [0.1, 0.15) is 5.01 Å². The molecule has 1 aliphatic heterocycles. The van der Waals surface area contributed by atoms with E-state index in [4.69, 9.17) is 5.11 Å². The Labute approximate surface area is 148 Å². The molecule has 2 aromatic rings. The van der Waals surface area contributed by atoms with Crippen LogP contribution >= 0.6 is 23.1 Å². The van der Waals surface area contributed by atoms with Gasteiger partial charge in [-0.25, -0.2) is 4.98 Å². The number of aliphatic carboxylic acids is 1. The van der Waals surface area contributed by atoms with Gasteiger partial charge in [0.2, 0.25) is 5.91 Å². The van der Waals surface area contributed by atoms with Gasteiger partial charge in [0.15, 0.2) is 0 Å². The number of benzene rings is 1. The van der Waals surface area contributed by atoms with Crippen molar-refractivity contribution in [3.05, 3.63) is 29.3 Å². The highest BCUT2D eigenvalue weighted by Gasteiger charge is 2.21. The van der Waals surface area contributed by atoms with E-state index in [-0.39, 0.29) is 17.4 Å². The topological polar surface area (TPSA) is 73.7 Å². The zero-order valence-electron chi connectivity index (χ0n) is 13.2. The van der Waals surface area contributed by atoms with Crippen LogP contribution in [-0.4, -0.2) is 69.5 Å². The lowest BCUT2D eigenvalue weighted by atomic mass is 10.3. The lowest BCUT2D eigenvalue weighted by Gasteiger charge is -2.34. The van der Waals surface area contributed by atoms with Crippen molar-refractivity contribution in [2.45, 2.75) is 6.54 Å². The van der Waals surface area contributed by atoms with Crippen molar-refractivity contribution in [1.82, 2.24) is 14.8 Å². The van der Waals surface area contributed by atoms with Gasteiger partial charge in [-0.15, -0.1) is 23.1 Å². The van der Waals surface area contributed by atoms with Crippen LogP contribution in [0.1, 0.15) is 5.01 Å². The zero-order valence-corrected chi connectivity index (χ0v) is 14.8. The third-order valence-corrected chi connectivity index (χ3v) is 5.80. The Balaban J connectivity index is 1.46. The quantitative estimate of drug-likeness (QED) is 0.841. The van der Waals surface area contributed by atoms with Crippen molar-refractivity contribution in [2.75, 3.05) is 37.7 Å². The van der Waals surface area contributed by atoms with Crippen LogP contribution in [-0.2, 0) is 16.1 Å². The summed E-state index contributed by atoms with van der Waals surface area (Å²) in [7, 11) is 0. The highest BCUT2D eigenvalue weighted by Crippen LogP contribution is 2.23. The van der Waals surface area contributed by atoms with Gasteiger partial charge in [-0.1, -0.05) is 12.1 Å². The summed E-state index contributed by atoms with van der Waals surface area (Å²) in [5, 5.41) is 9.71. The van der Waals surface area contributed by atoms with Gasteiger partial charge in [-0.3, -0.25) is 14.5 Å². The number of carboxylic acid groups (broad SMARTS) is 1. The fourth-order valence-corrected chi connectivity index (χ4v) is 4.29. The van der Waals surface area contributed by atoms with Gasteiger partial charge in [-0.2, -0.15) is 0 Å². The second-order valence-corrected chi connectivity index (χ2v) is 7.72. The van der Waals surface area contributed by atoms with Gasteiger partial charge in [0, 0.05) is 26.2 Å². The zero-order chi connectivity index (χ0) is 16.9. The minimum Gasteiger partial charge on any atom is -0.481 e. The Hall–Kier alpha value is -1.64. The summed E-state index contributed by atoms with van der Waals surface area (Å²) in [6.45, 7) is 3.85. The molecular weight excluding hydrogens is 346 g/mol. The van der Waals surface area contributed by atoms with E-state index in [1.807, 2.05) is 23.1 Å². The number of rotatable bonds is 6. The van der Waals surface area contributed by atoms with Crippen molar-refractivity contribution in [2.24, 2.45) is 0 Å². The van der Waals surface area contributed by atoms with Crippen LogP contribution in [0.15, 0.2) is 24.3 Å². The second kappa shape index (κ2) is 7.96. The number of piperazine rings is 1. The average Bonchev–Trinajstić information content (AvgIpc) is 2.97. The number of hydrogen-bond donors (Lipinski definition) is 1. The summed E-state index contributed by atoms with van der Waals surface area (Å²) in [4.78, 5) is 31.3. The molecule has 3 rings (SSSR count). The normalized spacial score (nSPS) is 15.8. The molecule has 0 radical (unpaired) electrons. The number of carbonyl (C=O) groups excluding carboxylic acids is 1. The number of amides is 1. The summed E-state index contributed by atoms with van der Waals surface area (Å²) in [6.07, 6.45) is 0. The minimum absolute atomic E-state index is 0.0245. The molecule has 128 valence electrons. The molecule has 8 heteroatoms. The molecule has 1 fully saturated rings. The average molecular weight is 365 g/mol. The van der Waals surface area contributed by atoms with Crippen LogP contribution in [0, 0.1) is 0 Å². The van der Waals surface area contributed by atoms with E-state index in [9.17, 15) is 9.59 Å². The molecule has 2 heterocycles. The van der Waals surface area contributed by atoms with Gasteiger partial charge in [0.25, 0.3) is 0 Å². The van der Waals surface area contributed by atoms with Crippen LogP contribution in [0.2, 0.25) is 0 Å². The molecule has 1 N–H and O–H groups in total. The maximum Gasteiger partial charge on any atom is 0.313 e. The summed E-state index contributed by atoms with van der Waals surface area (Å²) in [5.41, 5.74) is 1.04. The molecule has 0 bridgehead atoms. The first-order valence-corrected chi connectivity index (χ1v) is 9.73. The van der Waals surface area contributed by atoms with Crippen LogP contribution in [0.3, 0.4) is 0 Å². The Bertz CT molecular complexity index is 693. The standard InChI is InChI=1S/C16H19N3O3S2/c20-15(10-23-11-16(21)22)19-7-5-18(6-8-19)9-14-17-12-3-1-2-4-13(12)24-14/h1-4H,5-11H2,(H,21,22). The number of carbonyl (C=O) groups is 2. The third kappa shape index (κ3) is 4.46. The maximum atomic E-state index is 12.0. The summed E-state index contributed by atoms with van der Waals surface area (Å²) in [6, 6.07) is 8.14. The van der Waals surface area contributed by atoms with E-state index >= 15 is 0 Å². The summed E-state index contributed by atoms with van der Waals surface area (Å²) >= 11 is 2.88. The van der Waals surface area contributed by atoms with Crippen molar-refractivity contribution in [3.63, 3.8) is 0 Å². The number of nitrogens with zero attached hydrogens (tertiary/aromatic N) is 3. The molecule has 0 spiro atoms. The summed E-state index contributed by atoms with van der Waals surface area (Å²) < 4.78 is 1.21.